The number of nitrogens with one attached hydrogen (secondary N) is 1. The van der Waals surface area contributed by atoms with E-state index in [0.29, 0.717) is 16.5 Å². The first kappa shape index (κ1) is 14.2. The molecule has 0 aliphatic rings. The molecule has 0 fully saturated rings. The molecular weight excluding hydrogens is 330 g/mol. The molecule has 2 rings (SSSR count). The van der Waals surface area contributed by atoms with Crippen LogP contribution in [-0.4, -0.2) is 5.91 Å². The number of rotatable bonds is 3. The zero-order chi connectivity index (χ0) is 14.0. The van der Waals surface area contributed by atoms with Crippen molar-refractivity contribution in [1.82, 2.24) is 0 Å². The summed E-state index contributed by atoms with van der Waals surface area (Å²) in [5.74, 6) is 0.784. The van der Waals surface area contributed by atoms with E-state index in [1.165, 1.54) is 0 Å². The SMILES string of the molecule is CCc1ccc(C(=O)Nc2cc(Cl)c(C)cc2Br)o1. The predicted octanol–water partition coefficient (Wildman–Crippen LogP) is 4.82. The van der Waals surface area contributed by atoms with Crippen LogP contribution in [0.1, 0.15) is 28.8 Å². The number of carbonyl (C=O) groups is 1. The second-order valence-corrected chi connectivity index (χ2v) is 5.42. The number of benzene rings is 1. The van der Waals surface area contributed by atoms with E-state index >= 15 is 0 Å². The summed E-state index contributed by atoms with van der Waals surface area (Å²) >= 11 is 9.44. The summed E-state index contributed by atoms with van der Waals surface area (Å²) in [5.41, 5.74) is 1.56. The van der Waals surface area contributed by atoms with E-state index in [-0.39, 0.29) is 5.91 Å². The Balaban J connectivity index is 2.21. The first-order chi connectivity index (χ1) is 9.01. The Kier molecular flexibility index (Phi) is 4.32. The Labute approximate surface area is 125 Å². The topological polar surface area (TPSA) is 42.2 Å². The average Bonchev–Trinajstić information content (AvgIpc) is 2.84. The zero-order valence-corrected chi connectivity index (χ0v) is 12.9. The van der Waals surface area contributed by atoms with Crippen molar-refractivity contribution in [3.05, 3.63) is 50.8 Å². The average molecular weight is 343 g/mol. The van der Waals surface area contributed by atoms with Crippen LogP contribution in [0.5, 0.6) is 0 Å². The van der Waals surface area contributed by atoms with E-state index in [1.54, 1.807) is 18.2 Å². The Morgan fingerprint density at radius 2 is 2.16 bits per heavy atom. The molecule has 0 saturated heterocycles. The van der Waals surface area contributed by atoms with Gasteiger partial charge in [-0.25, -0.2) is 0 Å². The molecular formula is C14H13BrClNO2. The van der Waals surface area contributed by atoms with E-state index in [0.717, 1.165) is 22.2 Å². The van der Waals surface area contributed by atoms with Crippen LogP contribution in [0.25, 0.3) is 0 Å². The molecule has 5 heteroatoms. The maximum atomic E-state index is 12.0. The van der Waals surface area contributed by atoms with Crippen molar-refractivity contribution in [3.63, 3.8) is 0 Å². The molecule has 0 bridgehead atoms. The van der Waals surface area contributed by atoms with E-state index in [4.69, 9.17) is 16.0 Å². The highest BCUT2D eigenvalue weighted by Gasteiger charge is 2.13. The van der Waals surface area contributed by atoms with Crippen LogP contribution in [-0.2, 0) is 6.42 Å². The van der Waals surface area contributed by atoms with Gasteiger partial charge in [-0.15, -0.1) is 0 Å². The molecule has 0 atom stereocenters. The largest absolute Gasteiger partial charge is 0.456 e. The monoisotopic (exact) mass is 341 g/mol. The van der Waals surface area contributed by atoms with E-state index in [1.807, 2.05) is 19.9 Å². The van der Waals surface area contributed by atoms with Gasteiger partial charge in [-0.1, -0.05) is 18.5 Å². The van der Waals surface area contributed by atoms with Gasteiger partial charge in [-0.2, -0.15) is 0 Å². The number of carbonyl (C=O) groups excluding carboxylic acids is 1. The Morgan fingerprint density at radius 1 is 1.42 bits per heavy atom. The number of halogens is 2. The zero-order valence-electron chi connectivity index (χ0n) is 10.6. The molecule has 1 amide bonds. The lowest BCUT2D eigenvalue weighted by Gasteiger charge is -2.08. The van der Waals surface area contributed by atoms with Crippen LogP contribution >= 0.6 is 27.5 Å². The van der Waals surface area contributed by atoms with Crippen molar-refractivity contribution in [1.29, 1.82) is 0 Å². The molecule has 0 unspecified atom stereocenters. The molecule has 0 aliphatic heterocycles. The summed E-state index contributed by atoms with van der Waals surface area (Å²) < 4.78 is 6.18. The quantitative estimate of drug-likeness (QED) is 0.869. The van der Waals surface area contributed by atoms with Crippen molar-refractivity contribution >= 4 is 39.1 Å². The van der Waals surface area contributed by atoms with Gasteiger partial charge in [0.2, 0.25) is 0 Å². The minimum Gasteiger partial charge on any atom is -0.456 e. The third kappa shape index (κ3) is 3.19. The minimum atomic E-state index is -0.291. The molecule has 0 radical (unpaired) electrons. The lowest BCUT2D eigenvalue weighted by Crippen LogP contribution is -2.11. The fraction of sp³-hybridized carbons (Fsp3) is 0.214. The summed E-state index contributed by atoms with van der Waals surface area (Å²) in [6.07, 6.45) is 0.757. The Bertz CT molecular complexity index is 622. The number of hydrogen-bond acceptors (Lipinski definition) is 2. The Morgan fingerprint density at radius 3 is 2.79 bits per heavy atom. The van der Waals surface area contributed by atoms with Crippen molar-refractivity contribution in [2.24, 2.45) is 0 Å². The lowest BCUT2D eigenvalue weighted by molar-refractivity contribution is 0.0995. The highest BCUT2D eigenvalue weighted by molar-refractivity contribution is 9.10. The van der Waals surface area contributed by atoms with Gasteiger partial charge in [0.05, 0.1) is 5.69 Å². The van der Waals surface area contributed by atoms with Gasteiger partial charge < -0.3 is 9.73 Å². The first-order valence-corrected chi connectivity index (χ1v) is 7.04. The van der Waals surface area contributed by atoms with Gasteiger partial charge in [-0.3, -0.25) is 4.79 Å². The summed E-state index contributed by atoms with van der Waals surface area (Å²) in [7, 11) is 0. The van der Waals surface area contributed by atoms with Gasteiger partial charge in [0.1, 0.15) is 5.76 Å². The second-order valence-electron chi connectivity index (χ2n) is 4.15. The smallest absolute Gasteiger partial charge is 0.291 e. The van der Waals surface area contributed by atoms with E-state index < -0.39 is 0 Å². The molecule has 2 aromatic rings. The van der Waals surface area contributed by atoms with Crippen LogP contribution in [0, 0.1) is 6.92 Å². The molecule has 1 aromatic heterocycles. The Hall–Kier alpha value is -1.26. The number of furan rings is 1. The van der Waals surface area contributed by atoms with Crippen LogP contribution in [0.3, 0.4) is 0 Å². The highest BCUT2D eigenvalue weighted by atomic mass is 79.9. The van der Waals surface area contributed by atoms with E-state index in [9.17, 15) is 4.79 Å². The molecule has 0 aliphatic carbocycles. The van der Waals surface area contributed by atoms with Crippen LogP contribution in [0.15, 0.2) is 33.2 Å². The highest BCUT2D eigenvalue weighted by Crippen LogP contribution is 2.29. The normalized spacial score (nSPS) is 10.5. The van der Waals surface area contributed by atoms with Crippen LogP contribution < -0.4 is 5.32 Å². The summed E-state index contributed by atoms with van der Waals surface area (Å²) in [4.78, 5) is 12.0. The molecule has 3 nitrogen and oxygen atoms in total. The third-order valence-corrected chi connectivity index (χ3v) is 3.79. The van der Waals surface area contributed by atoms with Crippen molar-refractivity contribution in [3.8, 4) is 0 Å². The summed E-state index contributed by atoms with van der Waals surface area (Å²) in [5, 5.41) is 3.37. The lowest BCUT2D eigenvalue weighted by atomic mass is 10.2. The third-order valence-electron chi connectivity index (χ3n) is 2.73. The van der Waals surface area contributed by atoms with Crippen LogP contribution in [0.4, 0.5) is 5.69 Å². The number of hydrogen-bond donors (Lipinski definition) is 1. The van der Waals surface area contributed by atoms with Gasteiger partial charge in [-0.05, 0) is 52.7 Å². The molecule has 0 spiro atoms. The molecule has 1 N–H and O–H groups in total. The fourth-order valence-corrected chi connectivity index (χ4v) is 2.34. The van der Waals surface area contributed by atoms with Gasteiger partial charge in [0.15, 0.2) is 5.76 Å². The van der Waals surface area contributed by atoms with Crippen molar-refractivity contribution in [2.75, 3.05) is 5.32 Å². The van der Waals surface area contributed by atoms with E-state index in [2.05, 4.69) is 21.2 Å². The molecule has 19 heavy (non-hydrogen) atoms. The number of amides is 1. The number of aryl methyl sites for hydroxylation is 2. The standard InChI is InChI=1S/C14H13BrClNO2/c1-3-9-4-5-13(19-9)14(18)17-12-7-11(16)8(2)6-10(12)15/h4-7H,3H2,1-2H3,(H,17,18). The molecule has 0 saturated carbocycles. The fourth-order valence-electron chi connectivity index (χ4n) is 1.62. The van der Waals surface area contributed by atoms with Gasteiger partial charge in [0, 0.05) is 15.9 Å². The van der Waals surface area contributed by atoms with Crippen molar-refractivity contribution < 1.29 is 9.21 Å². The number of anilines is 1. The maximum absolute atomic E-state index is 12.0. The predicted molar refractivity (Wildman–Crippen MR) is 79.9 cm³/mol. The molecule has 100 valence electrons. The summed E-state index contributed by atoms with van der Waals surface area (Å²) in [6, 6.07) is 7.03. The first-order valence-electron chi connectivity index (χ1n) is 5.87. The van der Waals surface area contributed by atoms with Gasteiger partial charge in [0.25, 0.3) is 5.91 Å². The van der Waals surface area contributed by atoms with Crippen molar-refractivity contribution in [2.45, 2.75) is 20.3 Å². The minimum absolute atomic E-state index is 0.291. The molecule has 1 heterocycles. The van der Waals surface area contributed by atoms with Gasteiger partial charge >= 0.3 is 0 Å². The van der Waals surface area contributed by atoms with Crippen LogP contribution in [0.2, 0.25) is 5.02 Å². The molecule has 1 aromatic carbocycles. The maximum Gasteiger partial charge on any atom is 0.291 e. The summed E-state index contributed by atoms with van der Waals surface area (Å²) in [6.45, 7) is 3.87. The second kappa shape index (κ2) is 5.80.